The summed E-state index contributed by atoms with van der Waals surface area (Å²) in [6.45, 7) is 5.33. The first-order chi connectivity index (χ1) is 9.19. The second-order valence-corrected chi connectivity index (χ2v) is 4.18. The largest absolute Gasteiger partial charge is 0.496 e. The second kappa shape index (κ2) is 7.86. The molecule has 0 fully saturated rings. The van der Waals surface area contributed by atoms with Gasteiger partial charge < -0.3 is 19.9 Å². The first-order valence-electron chi connectivity index (χ1n) is 6.41. The normalized spacial score (nSPS) is 10.6. The van der Waals surface area contributed by atoms with Gasteiger partial charge in [0.15, 0.2) is 11.5 Å². The highest BCUT2D eigenvalue weighted by atomic mass is 16.5. The predicted octanol–water partition coefficient (Wildman–Crippen LogP) is 1.49. The SMILES string of the molecule is CCN(CCN)Cc1cc(OC)c(OC)cc1OC. The van der Waals surface area contributed by atoms with E-state index in [2.05, 4.69) is 11.8 Å². The van der Waals surface area contributed by atoms with Crippen LogP contribution in [-0.2, 0) is 6.54 Å². The van der Waals surface area contributed by atoms with E-state index in [0.717, 1.165) is 30.9 Å². The molecule has 0 saturated heterocycles. The molecule has 0 aliphatic heterocycles. The third-order valence-electron chi connectivity index (χ3n) is 3.07. The average molecular weight is 268 g/mol. The molecule has 19 heavy (non-hydrogen) atoms. The van der Waals surface area contributed by atoms with E-state index >= 15 is 0 Å². The van der Waals surface area contributed by atoms with Gasteiger partial charge in [-0.3, -0.25) is 4.90 Å². The molecule has 0 radical (unpaired) electrons. The molecule has 0 aromatic heterocycles. The van der Waals surface area contributed by atoms with Crippen LogP contribution in [0.4, 0.5) is 0 Å². The topological polar surface area (TPSA) is 57.0 Å². The average Bonchev–Trinajstić information content (AvgIpc) is 2.45. The number of benzene rings is 1. The summed E-state index contributed by atoms with van der Waals surface area (Å²) in [4.78, 5) is 2.25. The molecule has 2 N–H and O–H groups in total. The number of likely N-dealkylation sites (N-methyl/N-ethyl adjacent to an activating group) is 1. The maximum Gasteiger partial charge on any atom is 0.164 e. The van der Waals surface area contributed by atoms with Crippen molar-refractivity contribution in [3.63, 3.8) is 0 Å². The quantitative estimate of drug-likeness (QED) is 0.774. The number of hydrogen-bond acceptors (Lipinski definition) is 5. The molecule has 5 nitrogen and oxygen atoms in total. The lowest BCUT2D eigenvalue weighted by molar-refractivity contribution is 0.280. The van der Waals surface area contributed by atoms with Gasteiger partial charge in [-0.05, 0) is 12.6 Å². The van der Waals surface area contributed by atoms with Gasteiger partial charge in [0.2, 0.25) is 0 Å². The number of nitrogens with two attached hydrogens (primary N) is 1. The Morgan fingerprint density at radius 2 is 1.58 bits per heavy atom. The minimum absolute atomic E-state index is 0.642. The van der Waals surface area contributed by atoms with Crippen molar-refractivity contribution >= 4 is 0 Å². The predicted molar refractivity (Wildman–Crippen MR) is 76.1 cm³/mol. The van der Waals surface area contributed by atoms with Crippen LogP contribution < -0.4 is 19.9 Å². The van der Waals surface area contributed by atoms with Crippen molar-refractivity contribution in [2.75, 3.05) is 41.0 Å². The molecule has 0 unspecified atom stereocenters. The minimum atomic E-state index is 0.642. The standard InChI is InChI=1S/C14H24N2O3/c1-5-16(7-6-15)10-11-8-13(18-3)14(19-4)9-12(11)17-2/h8-9H,5-7,10,15H2,1-4H3. The first kappa shape index (κ1) is 15.6. The summed E-state index contributed by atoms with van der Waals surface area (Å²) in [6.07, 6.45) is 0. The van der Waals surface area contributed by atoms with Crippen LogP contribution in [0.3, 0.4) is 0 Å². The highest BCUT2D eigenvalue weighted by Crippen LogP contribution is 2.35. The maximum atomic E-state index is 5.61. The molecule has 5 heteroatoms. The zero-order chi connectivity index (χ0) is 14.3. The van der Waals surface area contributed by atoms with E-state index in [1.54, 1.807) is 21.3 Å². The summed E-state index contributed by atoms with van der Waals surface area (Å²) in [5.41, 5.74) is 6.68. The van der Waals surface area contributed by atoms with Crippen LogP contribution in [0.1, 0.15) is 12.5 Å². The molecular weight excluding hydrogens is 244 g/mol. The number of ether oxygens (including phenoxy) is 3. The molecule has 1 aromatic rings. The zero-order valence-corrected chi connectivity index (χ0v) is 12.2. The van der Waals surface area contributed by atoms with E-state index in [1.807, 2.05) is 12.1 Å². The van der Waals surface area contributed by atoms with Gasteiger partial charge >= 0.3 is 0 Å². The Balaban J connectivity index is 3.03. The van der Waals surface area contributed by atoms with Crippen molar-refractivity contribution in [1.82, 2.24) is 4.90 Å². The van der Waals surface area contributed by atoms with Crippen LogP contribution in [0.2, 0.25) is 0 Å². The van der Waals surface area contributed by atoms with Crippen LogP contribution in [0.5, 0.6) is 17.2 Å². The van der Waals surface area contributed by atoms with Gasteiger partial charge in [-0.2, -0.15) is 0 Å². The Kier molecular flexibility index (Phi) is 6.45. The third kappa shape index (κ3) is 4.01. The Labute approximate surface area is 115 Å². The highest BCUT2D eigenvalue weighted by Gasteiger charge is 2.13. The van der Waals surface area contributed by atoms with Crippen molar-refractivity contribution < 1.29 is 14.2 Å². The summed E-state index contributed by atoms with van der Waals surface area (Å²) >= 11 is 0. The van der Waals surface area contributed by atoms with Gasteiger partial charge in [-0.15, -0.1) is 0 Å². The Morgan fingerprint density at radius 1 is 1.00 bits per heavy atom. The molecule has 0 aliphatic carbocycles. The highest BCUT2D eigenvalue weighted by molar-refractivity contribution is 5.50. The molecule has 108 valence electrons. The second-order valence-electron chi connectivity index (χ2n) is 4.18. The number of methoxy groups -OCH3 is 3. The number of hydrogen-bond donors (Lipinski definition) is 1. The van der Waals surface area contributed by atoms with Crippen LogP contribution in [0.15, 0.2) is 12.1 Å². The van der Waals surface area contributed by atoms with Gasteiger partial charge in [0.05, 0.1) is 21.3 Å². The Morgan fingerprint density at radius 3 is 2.05 bits per heavy atom. The molecule has 0 amide bonds. The number of nitrogens with zero attached hydrogens (tertiary/aromatic N) is 1. The van der Waals surface area contributed by atoms with Gasteiger partial charge in [0, 0.05) is 31.3 Å². The van der Waals surface area contributed by atoms with Crippen LogP contribution in [-0.4, -0.2) is 45.9 Å². The minimum Gasteiger partial charge on any atom is -0.496 e. The summed E-state index contributed by atoms with van der Waals surface area (Å²) in [5, 5.41) is 0. The fourth-order valence-corrected chi connectivity index (χ4v) is 1.99. The lowest BCUT2D eigenvalue weighted by atomic mass is 10.1. The molecule has 0 saturated carbocycles. The van der Waals surface area contributed by atoms with E-state index in [-0.39, 0.29) is 0 Å². The van der Waals surface area contributed by atoms with Crippen molar-refractivity contribution in [2.24, 2.45) is 5.73 Å². The van der Waals surface area contributed by atoms with Gasteiger partial charge in [-0.25, -0.2) is 0 Å². The monoisotopic (exact) mass is 268 g/mol. The lowest BCUT2D eigenvalue weighted by Gasteiger charge is -2.22. The van der Waals surface area contributed by atoms with Crippen molar-refractivity contribution in [2.45, 2.75) is 13.5 Å². The van der Waals surface area contributed by atoms with Crippen molar-refractivity contribution in [3.05, 3.63) is 17.7 Å². The first-order valence-corrected chi connectivity index (χ1v) is 6.41. The third-order valence-corrected chi connectivity index (χ3v) is 3.07. The molecule has 0 aliphatic rings. The summed E-state index contributed by atoms with van der Waals surface area (Å²) in [6, 6.07) is 3.81. The van der Waals surface area contributed by atoms with Crippen LogP contribution in [0.25, 0.3) is 0 Å². The van der Waals surface area contributed by atoms with E-state index in [1.165, 1.54) is 0 Å². The van der Waals surface area contributed by atoms with Crippen LogP contribution >= 0.6 is 0 Å². The smallest absolute Gasteiger partial charge is 0.164 e. The summed E-state index contributed by atoms with van der Waals surface area (Å²) < 4.78 is 16.0. The molecule has 0 bridgehead atoms. The fraction of sp³-hybridized carbons (Fsp3) is 0.571. The van der Waals surface area contributed by atoms with E-state index in [9.17, 15) is 0 Å². The van der Waals surface area contributed by atoms with Crippen LogP contribution in [0, 0.1) is 0 Å². The van der Waals surface area contributed by atoms with E-state index in [0.29, 0.717) is 18.0 Å². The molecular formula is C14H24N2O3. The lowest BCUT2D eigenvalue weighted by Crippen LogP contribution is -2.29. The molecule has 0 heterocycles. The maximum absolute atomic E-state index is 5.61. The van der Waals surface area contributed by atoms with Gasteiger partial charge in [0.1, 0.15) is 5.75 Å². The molecule has 1 rings (SSSR count). The Bertz CT molecular complexity index is 397. The Hall–Kier alpha value is -1.46. The molecule has 0 spiro atoms. The van der Waals surface area contributed by atoms with Crippen molar-refractivity contribution in [3.8, 4) is 17.2 Å². The summed E-state index contributed by atoms with van der Waals surface area (Å²) in [7, 11) is 4.90. The summed E-state index contributed by atoms with van der Waals surface area (Å²) in [5.74, 6) is 2.18. The van der Waals surface area contributed by atoms with Gasteiger partial charge in [0.25, 0.3) is 0 Å². The van der Waals surface area contributed by atoms with E-state index < -0.39 is 0 Å². The number of rotatable bonds is 8. The van der Waals surface area contributed by atoms with Crippen molar-refractivity contribution in [1.29, 1.82) is 0 Å². The van der Waals surface area contributed by atoms with Gasteiger partial charge in [-0.1, -0.05) is 6.92 Å². The fourth-order valence-electron chi connectivity index (χ4n) is 1.99. The van der Waals surface area contributed by atoms with E-state index in [4.69, 9.17) is 19.9 Å². The zero-order valence-electron chi connectivity index (χ0n) is 12.2. The molecule has 0 atom stereocenters. The molecule has 1 aromatic carbocycles.